The zero-order valence-corrected chi connectivity index (χ0v) is 15.9. The maximum Gasteiger partial charge on any atom is 0.410 e. The molecule has 3 heterocycles. The van der Waals surface area contributed by atoms with E-state index in [0.717, 1.165) is 10.5 Å². The Hall–Kier alpha value is -2.55. The van der Waals surface area contributed by atoms with Gasteiger partial charge < -0.3 is 0 Å². The Labute approximate surface area is 159 Å². The van der Waals surface area contributed by atoms with Crippen molar-refractivity contribution < 1.29 is 21.6 Å². The largest absolute Gasteiger partial charge is 0.410 e. The van der Waals surface area contributed by atoms with Crippen LogP contribution >= 0.6 is 0 Å². The molecule has 12 heteroatoms. The second-order valence-corrected chi connectivity index (χ2v) is 8.97. The molecule has 2 atom stereocenters. The number of sulfonamides is 1. The number of anilines is 1. The van der Waals surface area contributed by atoms with E-state index in [2.05, 4.69) is 10.2 Å². The van der Waals surface area contributed by atoms with Gasteiger partial charge in [-0.25, -0.2) is 17.4 Å². The second kappa shape index (κ2) is 5.97. The number of nitriles is 1. The first kappa shape index (κ1) is 18.8. The number of hydrogen-bond donors (Lipinski definition) is 0. The summed E-state index contributed by atoms with van der Waals surface area (Å²) in [6.07, 6.45) is -1.46. The lowest BCUT2D eigenvalue weighted by atomic mass is 9.99. The first-order valence-corrected chi connectivity index (χ1v) is 10.1. The summed E-state index contributed by atoms with van der Waals surface area (Å²) in [6.45, 7) is 1.52. The minimum atomic E-state index is -4.61. The van der Waals surface area contributed by atoms with Crippen LogP contribution in [0.25, 0.3) is 0 Å². The quantitative estimate of drug-likeness (QED) is 0.768. The molecule has 0 radical (unpaired) electrons. The number of alkyl halides is 3. The highest BCUT2D eigenvalue weighted by Gasteiger charge is 2.55. The topological polar surface area (TPSA) is 96.8 Å². The number of aromatic nitrogens is 4. The van der Waals surface area contributed by atoms with E-state index in [1.54, 1.807) is 13.1 Å². The molecular weight excluding hydrogens is 397 g/mol. The molecule has 1 aliphatic carbocycles. The fraction of sp³-hybridized carbons (Fsp3) is 0.562. The van der Waals surface area contributed by atoms with Crippen molar-refractivity contribution in [1.29, 1.82) is 5.26 Å². The van der Waals surface area contributed by atoms with Crippen LogP contribution in [-0.4, -0.2) is 40.2 Å². The normalized spacial score (nSPS) is 22.8. The molecule has 1 aliphatic heterocycles. The Balaban J connectivity index is 1.95. The van der Waals surface area contributed by atoms with Gasteiger partial charge in [-0.2, -0.15) is 28.6 Å². The number of fused-ring (bicyclic) bond motifs is 1. The van der Waals surface area contributed by atoms with Crippen molar-refractivity contribution in [2.45, 2.75) is 49.3 Å². The summed E-state index contributed by atoms with van der Waals surface area (Å²) in [5.41, 5.74) is 0.0317. The summed E-state index contributed by atoms with van der Waals surface area (Å²) in [5, 5.41) is 17.2. The molecule has 2 unspecified atom stereocenters. The molecule has 28 heavy (non-hydrogen) atoms. The van der Waals surface area contributed by atoms with E-state index in [4.69, 9.17) is 0 Å². The number of nitrogens with zero attached hydrogens (tertiary/aromatic N) is 6. The zero-order valence-electron chi connectivity index (χ0n) is 15.0. The molecule has 1 fully saturated rings. The minimum Gasteiger partial charge on any atom is -0.274 e. The molecule has 0 spiro atoms. The van der Waals surface area contributed by atoms with Gasteiger partial charge in [0.15, 0.2) is 11.9 Å². The third kappa shape index (κ3) is 2.76. The van der Waals surface area contributed by atoms with Crippen molar-refractivity contribution in [3.05, 3.63) is 23.7 Å². The van der Waals surface area contributed by atoms with Gasteiger partial charge >= 0.3 is 6.18 Å². The Morgan fingerprint density at radius 1 is 1.32 bits per heavy atom. The minimum absolute atomic E-state index is 0.0947. The zero-order chi connectivity index (χ0) is 20.4. The number of aryl methyl sites for hydroxylation is 2. The van der Waals surface area contributed by atoms with Gasteiger partial charge in [-0.1, -0.05) is 0 Å². The molecule has 4 rings (SSSR count). The third-order valence-corrected chi connectivity index (χ3v) is 7.13. The highest BCUT2D eigenvalue weighted by Crippen LogP contribution is 2.50. The summed E-state index contributed by atoms with van der Waals surface area (Å²) in [6, 6.07) is -1.09. The molecule has 2 aromatic heterocycles. The maximum atomic E-state index is 13.7. The molecule has 8 nitrogen and oxygen atoms in total. The lowest BCUT2D eigenvalue weighted by molar-refractivity contribution is -0.174. The van der Waals surface area contributed by atoms with E-state index < -0.39 is 34.7 Å². The molecule has 0 amide bonds. The maximum absolute atomic E-state index is 13.7. The molecule has 0 saturated heterocycles. The van der Waals surface area contributed by atoms with Gasteiger partial charge in [-0.15, -0.1) is 0 Å². The van der Waals surface area contributed by atoms with Crippen LogP contribution in [0, 0.1) is 24.2 Å². The van der Waals surface area contributed by atoms with Crippen LogP contribution in [-0.2, 0) is 17.1 Å². The molecule has 0 N–H and O–H groups in total. The van der Waals surface area contributed by atoms with Crippen LogP contribution in [0.5, 0.6) is 0 Å². The lowest BCUT2D eigenvalue weighted by Crippen LogP contribution is -2.50. The summed E-state index contributed by atoms with van der Waals surface area (Å²) in [4.78, 5) is -0.0947. The first-order valence-electron chi connectivity index (χ1n) is 8.64. The van der Waals surface area contributed by atoms with Gasteiger partial charge in [0.2, 0.25) is 0 Å². The molecular formula is C16H17F3N6O2S. The van der Waals surface area contributed by atoms with E-state index in [-0.39, 0.29) is 27.9 Å². The first-order chi connectivity index (χ1) is 13.1. The van der Waals surface area contributed by atoms with Crippen molar-refractivity contribution in [3.63, 3.8) is 0 Å². The van der Waals surface area contributed by atoms with Crippen LogP contribution in [0.4, 0.5) is 19.0 Å². The SMILES string of the molecule is Cc1nn(C)cc1S(=O)(=O)N1c2c(C#N)cnn2C(C(F)(F)F)CC1C1CC1. The van der Waals surface area contributed by atoms with Gasteiger partial charge in [-0.3, -0.25) is 4.68 Å². The van der Waals surface area contributed by atoms with Gasteiger partial charge in [0.05, 0.1) is 17.9 Å². The van der Waals surface area contributed by atoms with Crippen LogP contribution in [0.15, 0.2) is 17.3 Å². The van der Waals surface area contributed by atoms with E-state index in [9.17, 15) is 26.9 Å². The van der Waals surface area contributed by atoms with E-state index in [1.807, 2.05) is 0 Å². The molecule has 1 saturated carbocycles. The Morgan fingerprint density at radius 2 is 2.00 bits per heavy atom. The predicted octanol–water partition coefficient (Wildman–Crippen LogP) is 2.28. The van der Waals surface area contributed by atoms with Crippen molar-refractivity contribution in [1.82, 2.24) is 19.6 Å². The average Bonchev–Trinajstić information content (AvgIpc) is 3.26. The summed E-state index contributed by atoms with van der Waals surface area (Å²) in [5.74, 6) is -0.511. The van der Waals surface area contributed by atoms with Crippen LogP contribution in [0.2, 0.25) is 0 Å². The van der Waals surface area contributed by atoms with E-state index in [1.165, 1.54) is 17.8 Å². The van der Waals surface area contributed by atoms with Crippen molar-refractivity contribution in [2.75, 3.05) is 4.31 Å². The van der Waals surface area contributed by atoms with E-state index in [0.29, 0.717) is 17.5 Å². The highest BCUT2D eigenvalue weighted by atomic mass is 32.2. The summed E-state index contributed by atoms with van der Waals surface area (Å²) in [7, 11) is -2.68. The fourth-order valence-electron chi connectivity index (χ4n) is 3.83. The molecule has 2 aromatic rings. The Kier molecular flexibility index (Phi) is 4.01. The number of rotatable bonds is 3. The van der Waals surface area contributed by atoms with Crippen molar-refractivity contribution in [3.8, 4) is 6.07 Å². The second-order valence-electron chi connectivity index (χ2n) is 7.19. The highest BCUT2D eigenvalue weighted by molar-refractivity contribution is 7.93. The molecule has 0 bridgehead atoms. The van der Waals surface area contributed by atoms with Gasteiger partial charge in [0.1, 0.15) is 16.5 Å². The van der Waals surface area contributed by atoms with Gasteiger partial charge in [0, 0.05) is 19.7 Å². The van der Waals surface area contributed by atoms with E-state index >= 15 is 0 Å². The third-order valence-electron chi connectivity index (χ3n) is 5.21. The molecule has 2 aliphatic rings. The van der Waals surface area contributed by atoms with Crippen LogP contribution in [0.1, 0.15) is 36.6 Å². The van der Waals surface area contributed by atoms with Crippen molar-refractivity contribution in [2.24, 2.45) is 13.0 Å². The summed E-state index contributed by atoms with van der Waals surface area (Å²) < 4.78 is 71.0. The average molecular weight is 414 g/mol. The lowest BCUT2D eigenvalue weighted by Gasteiger charge is -2.40. The predicted molar refractivity (Wildman–Crippen MR) is 90.8 cm³/mol. The van der Waals surface area contributed by atoms with Gasteiger partial charge in [0.25, 0.3) is 10.0 Å². The Morgan fingerprint density at radius 3 is 2.50 bits per heavy atom. The molecule has 150 valence electrons. The number of hydrogen-bond acceptors (Lipinski definition) is 5. The van der Waals surface area contributed by atoms with Crippen molar-refractivity contribution >= 4 is 15.8 Å². The number of halogens is 3. The van der Waals surface area contributed by atoms with Crippen LogP contribution < -0.4 is 4.31 Å². The fourth-order valence-corrected chi connectivity index (χ4v) is 5.77. The standard InChI is InChI=1S/C16H17F3N6O2S/c1-9-13(8-23(2)22-9)28(26,27)25-12(10-3-4-10)5-14(16(17,18)19)24-15(25)11(6-20)7-21-24/h7-8,10,12,14H,3-5H2,1-2H3. The smallest absolute Gasteiger partial charge is 0.274 e. The Bertz CT molecular complexity index is 1080. The molecule has 0 aromatic carbocycles. The summed E-state index contributed by atoms with van der Waals surface area (Å²) >= 11 is 0. The van der Waals surface area contributed by atoms with Gasteiger partial charge in [-0.05, 0) is 25.7 Å². The van der Waals surface area contributed by atoms with Crippen LogP contribution in [0.3, 0.4) is 0 Å². The monoisotopic (exact) mass is 414 g/mol.